The molecule has 1 aliphatic heterocycles. The summed E-state index contributed by atoms with van der Waals surface area (Å²) in [7, 11) is -1.83. The van der Waals surface area contributed by atoms with E-state index in [9.17, 15) is 13.2 Å². The first-order valence-electron chi connectivity index (χ1n) is 9.95. The van der Waals surface area contributed by atoms with Gasteiger partial charge in [-0.05, 0) is 38.5 Å². The Morgan fingerprint density at radius 1 is 1.33 bits per heavy atom. The molecule has 164 valence electrons. The van der Waals surface area contributed by atoms with E-state index in [1.165, 1.54) is 21.7 Å². The number of benzene rings is 1. The number of rotatable bonds is 7. The average Bonchev–Trinajstić information content (AvgIpc) is 3.20. The lowest BCUT2D eigenvalue weighted by atomic mass is 10.1. The molecule has 0 spiro atoms. The van der Waals surface area contributed by atoms with Crippen molar-refractivity contribution in [1.29, 1.82) is 0 Å². The Labute approximate surface area is 181 Å². The summed E-state index contributed by atoms with van der Waals surface area (Å²) < 4.78 is 32.8. The molecule has 0 unspecified atom stereocenters. The maximum Gasteiger partial charge on any atom is 0.259 e. The van der Waals surface area contributed by atoms with Gasteiger partial charge in [0.15, 0.2) is 5.13 Å². The topological polar surface area (TPSA) is 91.8 Å². The minimum atomic E-state index is -3.71. The molecule has 1 fully saturated rings. The first kappa shape index (κ1) is 22.7. The van der Waals surface area contributed by atoms with Crippen molar-refractivity contribution in [3.63, 3.8) is 0 Å². The van der Waals surface area contributed by atoms with Gasteiger partial charge in [-0.1, -0.05) is 6.92 Å². The third-order valence-corrected chi connectivity index (χ3v) is 8.05. The minimum Gasteiger partial charge on any atom is -0.379 e. The van der Waals surface area contributed by atoms with Gasteiger partial charge in [-0.2, -0.15) is 4.31 Å². The number of ether oxygens (including phenoxy) is 1. The lowest BCUT2D eigenvalue weighted by molar-refractivity contribution is 0.0730. The zero-order chi connectivity index (χ0) is 21.9. The molecule has 8 nitrogen and oxygen atoms in total. The molecule has 1 amide bonds. The second-order valence-corrected chi connectivity index (χ2v) is 10.4. The molecule has 1 saturated heterocycles. The van der Waals surface area contributed by atoms with Crippen molar-refractivity contribution in [2.45, 2.75) is 38.1 Å². The van der Waals surface area contributed by atoms with Gasteiger partial charge in [0.05, 0.1) is 23.7 Å². The van der Waals surface area contributed by atoms with E-state index in [1.54, 1.807) is 18.3 Å². The van der Waals surface area contributed by atoms with E-state index in [4.69, 9.17) is 4.74 Å². The van der Waals surface area contributed by atoms with Gasteiger partial charge in [-0.15, -0.1) is 11.3 Å². The van der Waals surface area contributed by atoms with E-state index in [0.29, 0.717) is 42.7 Å². The Kier molecular flexibility index (Phi) is 7.12. The van der Waals surface area contributed by atoms with Crippen LogP contribution in [-0.4, -0.2) is 63.0 Å². The molecule has 1 aromatic carbocycles. The molecule has 2 heterocycles. The van der Waals surface area contributed by atoms with Gasteiger partial charge in [0, 0.05) is 42.9 Å². The summed E-state index contributed by atoms with van der Waals surface area (Å²) in [6, 6.07) is 4.85. The van der Waals surface area contributed by atoms with Crippen molar-refractivity contribution in [1.82, 2.24) is 9.29 Å². The van der Waals surface area contributed by atoms with Crippen molar-refractivity contribution >= 4 is 38.1 Å². The highest BCUT2D eigenvalue weighted by atomic mass is 32.2. The first-order chi connectivity index (χ1) is 14.2. The predicted octanol–water partition coefficient (Wildman–Crippen LogP) is 2.82. The lowest BCUT2D eigenvalue weighted by Gasteiger charge is -2.28. The first-order valence-corrected chi connectivity index (χ1v) is 12.2. The molecular weight excluding hydrogens is 424 g/mol. The largest absolute Gasteiger partial charge is 0.379 e. The van der Waals surface area contributed by atoms with E-state index in [-0.39, 0.29) is 16.8 Å². The number of carbonyl (C=O) groups excluding carboxylic acids is 1. The summed E-state index contributed by atoms with van der Waals surface area (Å²) in [5.74, 6) is -0.381. The molecule has 0 saturated carbocycles. The number of morpholine rings is 1. The molecule has 0 bridgehead atoms. The molecule has 1 aromatic heterocycles. The van der Waals surface area contributed by atoms with Gasteiger partial charge in [-0.25, -0.2) is 13.4 Å². The Hall–Kier alpha value is -2.01. The smallest absolute Gasteiger partial charge is 0.259 e. The van der Waals surface area contributed by atoms with E-state index in [1.807, 2.05) is 32.7 Å². The number of aryl methyl sites for hydroxylation is 1. The maximum absolute atomic E-state index is 13.1. The quantitative estimate of drug-likeness (QED) is 0.695. The van der Waals surface area contributed by atoms with E-state index < -0.39 is 10.0 Å². The standard InChI is InChI=1S/C20H28N4O4S2/c1-5-15-13-21-20(29-15)22-19(25)17-12-16(6-7-18(17)23(4)14(2)3)30(26,27)24-8-10-28-11-9-24/h6-7,12-14H,5,8-11H2,1-4H3,(H,21,22,25). The Morgan fingerprint density at radius 2 is 2.03 bits per heavy atom. The summed E-state index contributed by atoms with van der Waals surface area (Å²) in [6.07, 6.45) is 2.57. The summed E-state index contributed by atoms with van der Waals surface area (Å²) in [4.78, 5) is 20.5. The zero-order valence-corrected chi connectivity index (χ0v) is 19.3. The summed E-state index contributed by atoms with van der Waals surface area (Å²) in [5.41, 5.74) is 0.962. The van der Waals surface area contributed by atoms with Gasteiger partial charge in [-0.3, -0.25) is 10.1 Å². The van der Waals surface area contributed by atoms with Crippen LogP contribution in [0.2, 0.25) is 0 Å². The normalized spacial score (nSPS) is 15.4. The highest BCUT2D eigenvalue weighted by molar-refractivity contribution is 7.89. The molecule has 0 aliphatic carbocycles. The lowest BCUT2D eigenvalue weighted by Crippen LogP contribution is -2.40. The fraction of sp³-hybridized carbons (Fsp3) is 0.500. The second kappa shape index (κ2) is 9.42. The molecule has 10 heteroatoms. The van der Waals surface area contributed by atoms with Crippen molar-refractivity contribution in [2.24, 2.45) is 0 Å². The number of carbonyl (C=O) groups is 1. The highest BCUT2D eigenvalue weighted by Crippen LogP contribution is 2.28. The fourth-order valence-corrected chi connectivity index (χ4v) is 5.25. The Morgan fingerprint density at radius 3 is 2.63 bits per heavy atom. The van der Waals surface area contributed by atoms with E-state index in [0.717, 1.165) is 11.3 Å². The molecular formula is C20H28N4O4S2. The number of nitrogens with zero attached hydrogens (tertiary/aromatic N) is 3. The second-order valence-electron chi connectivity index (χ2n) is 7.34. The van der Waals surface area contributed by atoms with Crippen LogP contribution in [0, 0.1) is 0 Å². The van der Waals surface area contributed by atoms with Crippen molar-refractivity contribution in [3.8, 4) is 0 Å². The number of thiazole rings is 1. The average molecular weight is 453 g/mol. The van der Waals surface area contributed by atoms with Crippen molar-refractivity contribution in [3.05, 3.63) is 34.8 Å². The van der Waals surface area contributed by atoms with Crippen LogP contribution >= 0.6 is 11.3 Å². The third-order valence-electron chi connectivity index (χ3n) is 5.10. The van der Waals surface area contributed by atoms with Gasteiger partial charge in [0.25, 0.3) is 5.91 Å². The monoisotopic (exact) mass is 452 g/mol. The van der Waals surface area contributed by atoms with Crippen LogP contribution in [0.1, 0.15) is 36.0 Å². The molecule has 30 heavy (non-hydrogen) atoms. The van der Waals surface area contributed by atoms with Crippen LogP contribution in [0.15, 0.2) is 29.3 Å². The number of hydrogen-bond acceptors (Lipinski definition) is 7. The number of anilines is 2. The molecule has 2 aromatic rings. The van der Waals surface area contributed by atoms with Crippen LogP contribution in [-0.2, 0) is 21.2 Å². The SMILES string of the molecule is CCc1cnc(NC(=O)c2cc(S(=O)(=O)N3CCOCC3)ccc2N(C)C(C)C)s1. The molecule has 1 aliphatic rings. The van der Waals surface area contributed by atoms with Crippen LogP contribution in [0.4, 0.5) is 10.8 Å². The zero-order valence-electron chi connectivity index (χ0n) is 17.7. The number of sulfonamides is 1. The maximum atomic E-state index is 13.1. The fourth-order valence-electron chi connectivity index (χ4n) is 3.07. The van der Waals surface area contributed by atoms with Gasteiger partial charge in [0.2, 0.25) is 10.0 Å². The van der Waals surface area contributed by atoms with Crippen molar-refractivity contribution in [2.75, 3.05) is 43.6 Å². The van der Waals surface area contributed by atoms with Gasteiger partial charge in [0.1, 0.15) is 0 Å². The highest BCUT2D eigenvalue weighted by Gasteiger charge is 2.28. The third kappa shape index (κ3) is 4.83. The Balaban J connectivity index is 1.98. The van der Waals surface area contributed by atoms with Crippen molar-refractivity contribution < 1.29 is 17.9 Å². The molecule has 3 rings (SSSR count). The summed E-state index contributed by atoms with van der Waals surface area (Å²) >= 11 is 1.41. The van der Waals surface area contributed by atoms with Crippen LogP contribution in [0.25, 0.3) is 0 Å². The Bertz CT molecular complexity index is 998. The van der Waals surface area contributed by atoms with E-state index in [2.05, 4.69) is 10.3 Å². The van der Waals surface area contributed by atoms with Crippen LogP contribution in [0.5, 0.6) is 0 Å². The number of aromatic nitrogens is 1. The number of hydrogen-bond donors (Lipinski definition) is 1. The molecule has 0 radical (unpaired) electrons. The number of amides is 1. The summed E-state index contributed by atoms with van der Waals surface area (Å²) in [5, 5.41) is 3.32. The van der Waals surface area contributed by atoms with E-state index >= 15 is 0 Å². The predicted molar refractivity (Wildman–Crippen MR) is 119 cm³/mol. The number of nitrogens with one attached hydrogen (secondary N) is 1. The summed E-state index contributed by atoms with van der Waals surface area (Å²) in [6.45, 7) is 7.37. The van der Waals surface area contributed by atoms with Crippen LogP contribution < -0.4 is 10.2 Å². The van der Waals surface area contributed by atoms with Gasteiger partial charge < -0.3 is 9.64 Å². The molecule has 1 N–H and O–H groups in total. The van der Waals surface area contributed by atoms with Crippen LogP contribution in [0.3, 0.4) is 0 Å². The minimum absolute atomic E-state index is 0.101. The van der Waals surface area contributed by atoms with Gasteiger partial charge >= 0.3 is 0 Å². The molecule has 0 atom stereocenters.